The van der Waals surface area contributed by atoms with Crippen molar-refractivity contribution in [3.63, 3.8) is 0 Å². The maximum absolute atomic E-state index is 14.7. The first-order valence-corrected chi connectivity index (χ1v) is 10.5. The minimum absolute atomic E-state index is 0.112. The van der Waals surface area contributed by atoms with Crippen molar-refractivity contribution in [2.45, 2.75) is 31.4 Å². The molecule has 8 heteroatoms. The lowest BCUT2D eigenvalue weighted by Gasteiger charge is -2.44. The first-order valence-electron chi connectivity index (χ1n) is 9.75. The molecule has 0 unspecified atom stereocenters. The van der Waals surface area contributed by atoms with Gasteiger partial charge in [0.15, 0.2) is 0 Å². The van der Waals surface area contributed by atoms with Gasteiger partial charge < -0.3 is 9.47 Å². The van der Waals surface area contributed by atoms with Crippen LogP contribution in [0.25, 0.3) is 10.9 Å². The molecule has 4 rings (SSSR count). The second-order valence-corrected chi connectivity index (χ2v) is 8.68. The summed E-state index contributed by atoms with van der Waals surface area (Å²) in [6.07, 6.45) is 2.47. The molecule has 0 aliphatic carbocycles. The van der Waals surface area contributed by atoms with Crippen molar-refractivity contribution in [2.24, 2.45) is 0 Å². The zero-order chi connectivity index (χ0) is 21.5. The van der Waals surface area contributed by atoms with Crippen LogP contribution < -0.4 is 4.74 Å². The number of aromatic amines is 1. The molecule has 0 amide bonds. The Morgan fingerprint density at radius 1 is 1.23 bits per heavy atom. The molecule has 2 aromatic carbocycles. The first kappa shape index (κ1) is 21.2. The molecule has 1 aliphatic rings. The highest BCUT2D eigenvalue weighted by Crippen LogP contribution is 2.44. The highest BCUT2D eigenvalue weighted by atomic mass is 79.9. The van der Waals surface area contributed by atoms with Gasteiger partial charge in [-0.2, -0.15) is 5.10 Å². The highest BCUT2D eigenvalue weighted by Gasteiger charge is 2.42. The number of hydrogen-bond donors (Lipinski definition) is 1. The average molecular weight is 480 g/mol. The van der Waals surface area contributed by atoms with Crippen molar-refractivity contribution in [1.82, 2.24) is 15.1 Å². The van der Waals surface area contributed by atoms with E-state index in [9.17, 15) is 8.78 Å². The minimum atomic E-state index is -2.97. The summed E-state index contributed by atoms with van der Waals surface area (Å²) in [5, 5.41) is 8.21. The van der Waals surface area contributed by atoms with Gasteiger partial charge in [0.1, 0.15) is 12.4 Å². The second kappa shape index (κ2) is 8.24. The van der Waals surface area contributed by atoms with Crippen molar-refractivity contribution in [2.75, 3.05) is 27.4 Å². The third kappa shape index (κ3) is 3.84. The summed E-state index contributed by atoms with van der Waals surface area (Å²) >= 11 is 3.47. The molecule has 5 nitrogen and oxygen atoms in total. The molecule has 0 radical (unpaired) electrons. The second-order valence-electron chi connectivity index (χ2n) is 7.77. The van der Waals surface area contributed by atoms with Gasteiger partial charge in [-0.3, -0.25) is 10.00 Å². The molecule has 0 spiro atoms. The number of hydrogen-bond acceptors (Lipinski definition) is 4. The molecule has 1 aromatic heterocycles. The predicted molar refractivity (Wildman–Crippen MR) is 115 cm³/mol. The summed E-state index contributed by atoms with van der Waals surface area (Å²) in [5.74, 6) is -2.32. The van der Waals surface area contributed by atoms with Gasteiger partial charge in [0, 0.05) is 28.6 Å². The molecular formula is C22H24BrF2N3O2. The largest absolute Gasteiger partial charge is 0.496 e. The van der Waals surface area contributed by atoms with E-state index in [1.165, 1.54) is 7.11 Å². The van der Waals surface area contributed by atoms with Crippen molar-refractivity contribution < 1.29 is 18.3 Å². The Kier molecular flexibility index (Phi) is 5.83. The van der Waals surface area contributed by atoms with Gasteiger partial charge in [-0.15, -0.1) is 0 Å². The van der Waals surface area contributed by atoms with Gasteiger partial charge in [0.25, 0.3) is 5.92 Å². The number of aromatic nitrogens is 2. The highest BCUT2D eigenvalue weighted by molar-refractivity contribution is 9.10. The molecule has 30 heavy (non-hydrogen) atoms. The molecule has 0 bridgehead atoms. The van der Waals surface area contributed by atoms with Crippen LogP contribution in [0.2, 0.25) is 0 Å². The number of nitrogens with zero attached hydrogens (tertiary/aromatic N) is 2. The third-order valence-electron chi connectivity index (χ3n) is 5.72. The van der Waals surface area contributed by atoms with Gasteiger partial charge in [0.05, 0.1) is 31.4 Å². The Labute approximate surface area is 182 Å². The lowest BCUT2D eigenvalue weighted by Crippen LogP contribution is -2.49. The monoisotopic (exact) mass is 479 g/mol. The van der Waals surface area contributed by atoms with Crippen molar-refractivity contribution in [3.8, 4) is 5.75 Å². The summed E-state index contributed by atoms with van der Waals surface area (Å²) in [6.45, 7) is 0.964. The van der Waals surface area contributed by atoms with Gasteiger partial charge in [-0.05, 0) is 42.7 Å². The van der Waals surface area contributed by atoms with Gasteiger partial charge in [-0.1, -0.05) is 28.1 Å². The number of nitrogens with one attached hydrogen (secondary N) is 1. The standard InChI is InChI=1S/C22H24BrF2N3O2/c1-13-8-17-15(6-7-19-18(17)10-26-27-19)21(28(13)11-22(24,25)12-29-2)16-5-4-14(23)9-20(16)30-3/h4-7,9-10,13,21H,8,11-12H2,1-3H3,(H,26,27)/t13-,21+/m1/s1. The lowest BCUT2D eigenvalue weighted by atomic mass is 9.83. The first-order chi connectivity index (χ1) is 14.3. The Bertz CT molecular complexity index is 1060. The maximum Gasteiger partial charge on any atom is 0.283 e. The van der Waals surface area contributed by atoms with E-state index in [0.29, 0.717) is 12.2 Å². The van der Waals surface area contributed by atoms with E-state index >= 15 is 0 Å². The van der Waals surface area contributed by atoms with Crippen molar-refractivity contribution >= 4 is 26.8 Å². The van der Waals surface area contributed by atoms with Gasteiger partial charge in [-0.25, -0.2) is 8.78 Å². The fourth-order valence-electron chi connectivity index (χ4n) is 4.45. The fraction of sp³-hybridized carbons (Fsp3) is 0.409. The normalized spacial score (nSPS) is 19.8. The molecule has 3 aromatic rings. The van der Waals surface area contributed by atoms with Gasteiger partial charge >= 0.3 is 0 Å². The number of benzene rings is 2. The summed E-state index contributed by atoms with van der Waals surface area (Å²) in [7, 11) is 2.90. The van der Waals surface area contributed by atoms with Crippen LogP contribution in [-0.2, 0) is 11.2 Å². The number of methoxy groups -OCH3 is 2. The van der Waals surface area contributed by atoms with E-state index < -0.39 is 19.1 Å². The molecule has 0 saturated carbocycles. The van der Waals surface area contributed by atoms with Crippen LogP contribution >= 0.6 is 15.9 Å². The zero-order valence-electron chi connectivity index (χ0n) is 17.1. The van der Waals surface area contributed by atoms with Crippen molar-refractivity contribution in [3.05, 3.63) is 57.7 Å². The van der Waals surface area contributed by atoms with Crippen LogP contribution in [0.4, 0.5) is 8.78 Å². The number of ether oxygens (including phenoxy) is 2. The van der Waals surface area contributed by atoms with E-state index in [2.05, 4.69) is 26.1 Å². The molecule has 1 N–H and O–H groups in total. The number of rotatable bonds is 6. The predicted octanol–water partition coefficient (Wildman–Crippen LogP) is 4.95. The van der Waals surface area contributed by atoms with E-state index in [0.717, 1.165) is 32.1 Å². The summed E-state index contributed by atoms with van der Waals surface area (Å²) < 4.78 is 40.6. The lowest BCUT2D eigenvalue weighted by molar-refractivity contribution is -0.0961. The third-order valence-corrected chi connectivity index (χ3v) is 6.22. The Morgan fingerprint density at radius 3 is 2.73 bits per heavy atom. The van der Waals surface area contributed by atoms with Crippen LogP contribution in [0.1, 0.15) is 29.7 Å². The Balaban J connectivity index is 1.90. The molecule has 0 saturated heterocycles. The number of alkyl halides is 2. The van der Waals surface area contributed by atoms with Crippen molar-refractivity contribution in [1.29, 1.82) is 0 Å². The number of H-pyrrole nitrogens is 1. The SMILES string of the molecule is COCC(F)(F)CN1[C@H](c2ccc(Br)cc2OC)c2ccc3[nH]ncc3c2C[C@H]1C. The van der Waals surface area contributed by atoms with E-state index in [4.69, 9.17) is 9.47 Å². The number of fused-ring (bicyclic) bond motifs is 3. The van der Waals surface area contributed by atoms with E-state index in [-0.39, 0.29) is 12.1 Å². The van der Waals surface area contributed by atoms with Crippen LogP contribution in [0.3, 0.4) is 0 Å². The average Bonchev–Trinajstić information content (AvgIpc) is 3.18. The van der Waals surface area contributed by atoms with Crippen LogP contribution in [-0.4, -0.2) is 54.4 Å². The van der Waals surface area contributed by atoms with Crippen LogP contribution in [0, 0.1) is 0 Å². The van der Waals surface area contributed by atoms with Gasteiger partial charge in [0.2, 0.25) is 0 Å². The fourth-order valence-corrected chi connectivity index (χ4v) is 4.79. The smallest absolute Gasteiger partial charge is 0.283 e. The molecule has 160 valence electrons. The minimum Gasteiger partial charge on any atom is -0.496 e. The quantitative estimate of drug-likeness (QED) is 0.543. The van der Waals surface area contributed by atoms with E-state index in [1.807, 2.05) is 48.4 Å². The molecule has 1 aliphatic heterocycles. The van der Waals surface area contributed by atoms with Crippen LogP contribution in [0.5, 0.6) is 5.75 Å². The topological polar surface area (TPSA) is 50.4 Å². The zero-order valence-corrected chi connectivity index (χ0v) is 18.7. The molecule has 2 heterocycles. The summed E-state index contributed by atoms with van der Waals surface area (Å²) in [4.78, 5) is 1.86. The summed E-state index contributed by atoms with van der Waals surface area (Å²) in [6, 6.07) is 9.20. The Hall–Kier alpha value is -2.03. The molecule has 2 atom stereocenters. The summed E-state index contributed by atoms with van der Waals surface area (Å²) in [5.41, 5.74) is 3.93. The van der Waals surface area contributed by atoms with Crippen LogP contribution in [0.15, 0.2) is 41.0 Å². The number of halogens is 3. The molecular weight excluding hydrogens is 456 g/mol. The molecule has 0 fully saturated rings. The maximum atomic E-state index is 14.7. The Morgan fingerprint density at radius 2 is 2.00 bits per heavy atom. The van der Waals surface area contributed by atoms with E-state index in [1.54, 1.807) is 7.11 Å².